The van der Waals surface area contributed by atoms with Crippen molar-refractivity contribution >= 4 is 29.5 Å². The fraction of sp³-hybridized carbons (Fsp3) is 0.333. The summed E-state index contributed by atoms with van der Waals surface area (Å²) in [4.78, 5) is 25.6. The lowest BCUT2D eigenvalue weighted by molar-refractivity contribution is -0.105. The maximum Gasteiger partial charge on any atom is 0.323 e. The van der Waals surface area contributed by atoms with Gasteiger partial charge in [0.2, 0.25) is 6.41 Å². The maximum absolute atomic E-state index is 12.3. The van der Waals surface area contributed by atoms with E-state index >= 15 is 0 Å². The minimum Gasteiger partial charge on any atom is -0.328 e. The summed E-state index contributed by atoms with van der Waals surface area (Å²) in [6.07, 6.45) is 3.67. The molecular weight excluding hydrogens is 340 g/mol. The maximum atomic E-state index is 12.3. The number of urea groups is 1. The van der Waals surface area contributed by atoms with Gasteiger partial charge in [0, 0.05) is 23.6 Å². The number of amides is 3. The van der Waals surface area contributed by atoms with Crippen LogP contribution >= 0.6 is 0 Å². The molecule has 2 aromatic carbocycles. The predicted octanol–water partition coefficient (Wildman–Crippen LogP) is 3.57. The molecule has 1 aliphatic rings. The number of hydrogen-bond donors (Lipinski definition) is 3. The van der Waals surface area contributed by atoms with Crippen molar-refractivity contribution in [2.75, 3.05) is 36.6 Å². The number of fused-ring (bicyclic) bond motifs is 1. The average molecular weight is 366 g/mol. The molecule has 6 nitrogen and oxygen atoms in total. The summed E-state index contributed by atoms with van der Waals surface area (Å²) >= 11 is 0. The molecule has 0 spiro atoms. The van der Waals surface area contributed by atoms with Crippen molar-refractivity contribution in [1.82, 2.24) is 4.90 Å². The zero-order valence-electron chi connectivity index (χ0n) is 15.8. The van der Waals surface area contributed by atoms with E-state index < -0.39 is 0 Å². The first-order valence-electron chi connectivity index (χ1n) is 9.19. The molecule has 0 radical (unpaired) electrons. The van der Waals surface area contributed by atoms with Crippen molar-refractivity contribution in [1.29, 1.82) is 0 Å². The SMILES string of the molecule is CN(C)CC1CCc2cc(NC(=O)Nc3ccccc3)cc(NC=O)c2C1. The van der Waals surface area contributed by atoms with E-state index in [1.54, 1.807) is 0 Å². The number of aryl methyl sites for hydroxylation is 1. The lowest BCUT2D eigenvalue weighted by Crippen LogP contribution is -2.27. The molecule has 0 saturated heterocycles. The third-order valence-electron chi connectivity index (χ3n) is 4.78. The normalized spacial score (nSPS) is 15.7. The van der Waals surface area contributed by atoms with Crippen molar-refractivity contribution < 1.29 is 9.59 Å². The lowest BCUT2D eigenvalue weighted by Gasteiger charge is -2.29. The number of hydrogen-bond acceptors (Lipinski definition) is 3. The van der Waals surface area contributed by atoms with E-state index in [0.717, 1.165) is 37.2 Å². The topological polar surface area (TPSA) is 73.5 Å². The highest BCUT2D eigenvalue weighted by Crippen LogP contribution is 2.34. The van der Waals surface area contributed by atoms with Gasteiger partial charge < -0.3 is 20.9 Å². The Hall–Kier alpha value is -2.86. The molecule has 0 bridgehead atoms. The first-order valence-corrected chi connectivity index (χ1v) is 9.19. The molecule has 27 heavy (non-hydrogen) atoms. The second kappa shape index (κ2) is 8.68. The van der Waals surface area contributed by atoms with E-state index in [0.29, 0.717) is 18.0 Å². The number of para-hydroxylation sites is 1. The molecular formula is C21H26N4O2. The molecule has 0 heterocycles. The van der Waals surface area contributed by atoms with Crippen LogP contribution in [0.4, 0.5) is 21.9 Å². The van der Waals surface area contributed by atoms with Gasteiger partial charge in [-0.2, -0.15) is 0 Å². The molecule has 0 fully saturated rings. The predicted molar refractivity (Wildman–Crippen MR) is 109 cm³/mol. The molecule has 0 saturated carbocycles. The molecule has 1 atom stereocenters. The fourth-order valence-corrected chi connectivity index (χ4v) is 3.70. The number of rotatable bonds is 6. The van der Waals surface area contributed by atoms with Crippen molar-refractivity contribution in [2.24, 2.45) is 5.92 Å². The molecule has 3 amide bonds. The van der Waals surface area contributed by atoms with Crippen LogP contribution in [0.5, 0.6) is 0 Å². The summed E-state index contributed by atoms with van der Waals surface area (Å²) in [6, 6.07) is 12.8. The number of benzene rings is 2. The van der Waals surface area contributed by atoms with Crippen LogP contribution < -0.4 is 16.0 Å². The highest BCUT2D eigenvalue weighted by Gasteiger charge is 2.22. The van der Waals surface area contributed by atoms with E-state index in [1.165, 1.54) is 11.1 Å². The Labute approximate surface area is 159 Å². The Morgan fingerprint density at radius 1 is 1.15 bits per heavy atom. The monoisotopic (exact) mass is 366 g/mol. The number of carbonyl (C=O) groups excluding carboxylic acids is 2. The molecule has 142 valence electrons. The van der Waals surface area contributed by atoms with Gasteiger partial charge in [-0.3, -0.25) is 4.79 Å². The largest absolute Gasteiger partial charge is 0.328 e. The Kier molecular flexibility index (Phi) is 6.08. The van der Waals surface area contributed by atoms with Crippen molar-refractivity contribution in [3.05, 3.63) is 53.6 Å². The van der Waals surface area contributed by atoms with Gasteiger partial charge in [-0.25, -0.2) is 4.79 Å². The van der Waals surface area contributed by atoms with E-state index in [2.05, 4.69) is 34.9 Å². The van der Waals surface area contributed by atoms with Gasteiger partial charge in [-0.1, -0.05) is 18.2 Å². The van der Waals surface area contributed by atoms with Crippen LogP contribution in [0.2, 0.25) is 0 Å². The number of anilines is 3. The van der Waals surface area contributed by atoms with Crippen molar-refractivity contribution in [3.63, 3.8) is 0 Å². The van der Waals surface area contributed by atoms with E-state index in [4.69, 9.17) is 0 Å². The first kappa shape index (κ1) is 18.9. The summed E-state index contributed by atoms with van der Waals surface area (Å²) in [5, 5.41) is 8.48. The van der Waals surface area contributed by atoms with Crippen molar-refractivity contribution in [3.8, 4) is 0 Å². The molecule has 3 N–H and O–H groups in total. The number of nitrogens with zero attached hydrogens (tertiary/aromatic N) is 1. The van der Waals surface area contributed by atoms with Crippen LogP contribution in [0, 0.1) is 5.92 Å². The summed E-state index contributed by atoms with van der Waals surface area (Å²) in [5.74, 6) is 0.569. The Morgan fingerprint density at radius 2 is 1.89 bits per heavy atom. The standard InChI is InChI=1S/C21H26N4O2/c1-25(2)13-15-8-9-16-11-18(12-20(22-14-26)19(16)10-15)24-21(27)23-17-6-4-3-5-7-17/h3-7,11-12,14-15H,8-10,13H2,1-2H3,(H,22,26)(H2,23,24,27). The van der Waals surface area contributed by atoms with Crippen molar-refractivity contribution in [2.45, 2.75) is 19.3 Å². The van der Waals surface area contributed by atoms with Gasteiger partial charge in [0.1, 0.15) is 0 Å². The molecule has 1 aliphatic carbocycles. The molecule has 0 aliphatic heterocycles. The first-order chi connectivity index (χ1) is 13.0. The zero-order valence-corrected chi connectivity index (χ0v) is 15.8. The summed E-state index contributed by atoms with van der Waals surface area (Å²) in [6.45, 7) is 1.03. The van der Waals surface area contributed by atoms with E-state index in [9.17, 15) is 9.59 Å². The van der Waals surface area contributed by atoms with Gasteiger partial charge in [-0.05, 0) is 74.7 Å². The average Bonchev–Trinajstić information content (AvgIpc) is 2.62. The van der Waals surface area contributed by atoms with Crippen LogP contribution in [0.3, 0.4) is 0 Å². The zero-order chi connectivity index (χ0) is 19.2. The molecule has 2 aromatic rings. The number of carbonyl (C=O) groups is 2. The van der Waals surface area contributed by atoms with Crippen LogP contribution in [-0.2, 0) is 17.6 Å². The van der Waals surface area contributed by atoms with Gasteiger partial charge in [0.05, 0.1) is 0 Å². The molecule has 1 unspecified atom stereocenters. The van der Waals surface area contributed by atoms with Gasteiger partial charge in [0.15, 0.2) is 0 Å². The minimum absolute atomic E-state index is 0.306. The third-order valence-corrected chi connectivity index (χ3v) is 4.78. The smallest absolute Gasteiger partial charge is 0.323 e. The third kappa shape index (κ3) is 5.08. The van der Waals surface area contributed by atoms with Gasteiger partial charge in [0.25, 0.3) is 0 Å². The number of nitrogens with one attached hydrogen (secondary N) is 3. The highest BCUT2D eigenvalue weighted by atomic mass is 16.2. The van der Waals surface area contributed by atoms with Crippen LogP contribution in [0.25, 0.3) is 0 Å². The summed E-state index contributed by atoms with van der Waals surface area (Å²) in [7, 11) is 4.16. The summed E-state index contributed by atoms with van der Waals surface area (Å²) in [5.41, 5.74) is 4.55. The summed E-state index contributed by atoms with van der Waals surface area (Å²) < 4.78 is 0. The quantitative estimate of drug-likeness (QED) is 0.685. The van der Waals surface area contributed by atoms with E-state index in [1.807, 2.05) is 42.5 Å². The minimum atomic E-state index is -0.306. The van der Waals surface area contributed by atoms with Crippen LogP contribution in [-0.4, -0.2) is 38.0 Å². The van der Waals surface area contributed by atoms with Gasteiger partial charge >= 0.3 is 6.03 Å². The lowest BCUT2D eigenvalue weighted by atomic mass is 9.82. The Morgan fingerprint density at radius 3 is 2.59 bits per heavy atom. The highest BCUT2D eigenvalue weighted by molar-refractivity contribution is 6.00. The second-order valence-electron chi connectivity index (χ2n) is 7.24. The second-order valence-corrected chi connectivity index (χ2v) is 7.24. The Balaban J connectivity index is 1.76. The fourth-order valence-electron chi connectivity index (χ4n) is 3.70. The van der Waals surface area contributed by atoms with Gasteiger partial charge in [-0.15, -0.1) is 0 Å². The van der Waals surface area contributed by atoms with E-state index in [-0.39, 0.29) is 6.03 Å². The molecule has 6 heteroatoms. The van der Waals surface area contributed by atoms with Crippen LogP contribution in [0.15, 0.2) is 42.5 Å². The Bertz CT molecular complexity index is 805. The molecule has 0 aromatic heterocycles. The van der Waals surface area contributed by atoms with Crippen LogP contribution in [0.1, 0.15) is 17.5 Å². The molecule has 3 rings (SSSR count).